The highest BCUT2D eigenvalue weighted by Crippen LogP contribution is 2.20. The van der Waals surface area contributed by atoms with E-state index < -0.39 is 0 Å². The van der Waals surface area contributed by atoms with E-state index in [1.165, 1.54) is 22.3 Å². The molecule has 0 bridgehead atoms. The Balaban J connectivity index is 1.74. The van der Waals surface area contributed by atoms with Crippen molar-refractivity contribution >= 4 is 38.8 Å². The van der Waals surface area contributed by atoms with Crippen LogP contribution in [0.15, 0.2) is 34.0 Å². The molecule has 0 saturated carbocycles. The van der Waals surface area contributed by atoms with Crippen molar-refractivity contribution in [1.82, 2.24) is 9.66 Å². The van der Waals surface area contributed by atoms with Gasteiger partial charge in [0.2, 0.25) is 5.91 Å². The third-order valence-electron chi connectivity index (χ3n) is 3.32. The number of aromatic nitrogens is 2. The number of carbonyl (C=O) groups is 1. The van der Waals surface area contributed by atoms with E-state index in [2.05, 4.69) is 10.4 Å². The summed E-state index contributed by atoms with van der Waals surface area (Å²) in [6, 6.07) is 3.85. The average molecular weight is 333 g/mol. The predicted molar refractivity (Wildman–Crippen MR) is 90.3 cm³/mol. The zero-order chi connectivity index (χ0) is 15.5. The number of amides is 1. The highest BCUT2D eigenvalue weighted by Gasteiger charge is 2.10. The van der Waals surface area contributed by atoms with Gasteiger partial charge in [-0.1, -0.05) is 6.92 Å². The van der Waals surface area contributed by atoms with Crippen molar-refractivity contribution in [2.75, 3.05) is 5.43 Å². The molecule has 0 unspecified atom stereocenters. The Kier molecular flexibility index (Phi) is 4.35. The Bertz CT molecular complexity index is 849. The number of thiophene rings is 2. The fourth-order valence-corrected chi connectivity index (χ4v) is 3.74. The summed E-state index contributed by atoms with van der Waals surface area (Å²) >= 11 is 3.12. The van der Waals surface area contributed by atoms with Gasteiger partial charge in [0.25, 0.3) is 5.56 Å². The molecule has 5 nitrogen and oxygen atoms in total. The minimum Gasteiger partial charge on any atom is -0.273 e. The Hall–Kier alpha value is -1.99. The lowest BCUT2D eigenvalue weighted by molar-refractivity contribution is -0.117. The van der Waals surface area contributed by atoms with E-state index in [0.717, 1.165) is 16.9 Å². The third kappa shape index (κ3) is 3.10. The molecule has 1 amide bonds. The van der Waals surface area contributed by atoms with Crippen LogP contribution in [0.5, 0.6) is 0 Å². The van der Waals surface area contributed by atoms with Gasteiger partial charge in [0, 0.05) is 11.3 Å². The van der Waals surface area contributed by atoms with E-state index in [0.29, 0.717) is 23.1 Å². The summed E-state index contributed by atoms with van der Waals surface area (Å²) in [6.45, 7) is 2.04. The molecular formula is C15H15N3O2S2. The van der Waals surface area contributed by atoms with Crippen LogP contribution < -0.4 is 11.0 Å². The highest BCUT2D eigenvalue weighted by atomic mass is 32.1. The number of carbonyl (C=O) groups excluding carboxylic acids is 1. The molecule has 0 fully saturated rings. The summed E-state index contributed by atoms with van der Waals surface area (Å²) < 4.78 is 1.17. The normalized spacial score (nSPS) is 11.0. The summed E-state index contributed by atoms with van der Waals surface area (Å²) in [5.74, 6) is -0.194. The quantitative estimate of drug-likeness (QED) is 0.781. The molecule has 0 aliphatic heterocycles. The second-order valence-corrected chi connectivity index (χ2v) is 6.77. The summed E-state index contributed by atoms with van der Waals surface area (Å²) in [6.07, 6.45) is 3.25. The van der Waals surface area contributed by atoms with Crippen molar-refractivity contribution in [3.8, 4) is 0 Å². The highest BCUT2D eigenvalue weighted by molar-refractivity contribution is 7.18. The molecule has 114 valence electrons. The maximum Gasteiger partial charge on any atom is 0.280 e. The van der Waals surface area contributed by atoms with Crippen molar-refractivity contribution < 1.29 is 4.79 Å². The van der Waals surface area contributed by atoms with Crippen LogP contribution in [0.25, 0.3) is 10.2 Å². The second kappa shape index (κ2) is 6.41. The van der Waals surface area contributed by atoms with E-state index in [-0.39, 0.29) is 11.5 Å². The molecule has 3 heterocycles. The van der Waals surface area contributed by atoms with Crippen LogP contribution in [-0.2, 0) is 17.6 Å². The molecule has 1 N–H and O–H groups in total. The minimum absolute atomic E-state index is 0.194. The fraction of sp³-hybridized carbons (Fsp3) is 0.267. The van der Waals surface area contributed by atoms with Crippen LogP contribution in [0.3, 0.4) is 0 Å². The number of rotatable bonds is 5. The van der Waals surface area contributed by atoms with E-state index in [9.17, 15) is 9.59 Å². The van der Waals surface area contributed by atoms with Gasteiger partial charge in [-0.05, 0) is 41.3 Å². The first kappa shape index (κ1) is 14.9. The van der Waals surface area contributed by atoms with Gasteiger partial charge in [0.15, 0.2) is 0 Å². The Labute approximate surface area is 135 Å². The lowest BCUT2D eigenvalue weighted by Gasteiger charge is -2.06. The lowest BCUT2D eigenvalue weighted by atomic mass is 10.2. The first-order chi connectivity index (χ1) is 10.7. The van der Waals surface area contributed by atoms with Crippen LogP contribution in [-0.4, -0.2) is 15.6 Å². The van der Waals surface area contributed by atoms with Gasteiger partial charge in [-0.2, -0.15) is 11.3 Å². The monoisotopic (exact) mass is 333 g/mol. The van der Waals surface area contributed by atoms with Gasteiger partial charge < -0.3 is 0 Å². The Morgan fingerprint density at radius 1 is 1.45 bits per heavy atom. The Morgan fingerprint density at radius 3 is 3.05 bits per heavy atom. The van der Waals surface area contributed by atoms with Crippen molar-refractivity contribution in [2.45, 2.75) is 26.2 Å². The number of hydrogen-bond acceptors (Lipinski definition) is 5. The fourth-order valence-electron chi connectivity index (χ4n) is 2.11. The minimum atomic E-state index is -0.232. The SMILES string of the molecule is CCc1cc2c(=O)n(NC(=O)CCc3ccsc3)cnc2s1. The van der Waals surface area contributed by atoms with Crippen LogP contribution in [0, 0.1) is 0 Å². The summed E-state index contributed by atoms with van der Waals surface area (Å²) in [5, 5.41) is 4.56. The molecule has 0 spiro atoms. The molecule has 3 aromatic heterocycles. The van der Waals surface area contributed by atoms with Crippen LogP contribution >= 0.6 is 22.7 Å². The van der Waals surface area contributed by atoms with Crippen LogP contribution in [0.1, 0.15) is 23.8 Å². The first-order valence-corrected chi connectivity index (χ1v) is 8.74. The van der Waals surface area contributed by atoms with E-state index in [1.54, 1.807) is 11.3 Å². The molecule has 3 aromatic rings. The first-order valence-electron chi connectivity index (χ1n) is 6.98. The molecule has 7 heteroatoms. The third-order valence-corrected chi connectivity index (χ3v) is 5.24. The maximum absolute atomic E-state index is 12.3. The van der Waals surface area contributed by atoms with E-state index in [1.807, 2.05) is 29.8 Å². The molecule has 22 heavy (non-hydrogen) atoms. The molecule has 0 radical (unpaired) electrons. The molecule has 3 rings (SSSR count). The number of hydrogen-bond donors (Lipinski definition) is 1. The van der Waals surface area contributed by atoms with E-state index >= 15 is 0 Å². The molecule has 0 aliphatic carbocycles. The standard InChI is InChI=1S/C15H15N3O2S2/c1-2-11-7-12-14(22-11)16-9-18(15(12)20)17-13(19)4-3-10-5-6-21-8-10/h5-9H,2-4H2,1H3,(H,17,19). The summed E-state index contributed by atoms with van der Waals surface area (Å²) in [5.41, 5.74) is 3.50. The zero-order valence-electron chi connectivity index (χ0n) is 12.0. The predicted octanol–water partition coefficient (Wildman–Crippen LogP) is 2.78. The summed E-state index contributed by atoms with van der Waals surface area (Å²) in [7, 11) is 0. The van der Waals surface area contributed by atoms with Crippen molar-refractivity contribution in [3.63, 3.8) is 0 Å². The van der Waals surface area contributed by atoms with E-state index in [4.69, 9.17) is 0 Å². The van der Waals surface area contributed by atoms with Gasteiger partial charge in [0.1, 0.15) is 11.2 Å². The van der Waals surface area contributed by atoms with Gasteiger partial charge in [-0.3, -0.25) is 15.0 Å². The molecule has 0 saturated heterocycles. The average Bonchev–Trinajstić information content (AvgIpc) is 3.17. The topological polar surface area (TPSA) is 64.0 Å². The maximum atomic E-state index is 12.3. The van der Waals surface area contributed by atoms with Crippen molar-refractivity contribution in [3.05, 3.63) is 50.0 Å². The molecule has 0 aromatic carbocycles. The lowest BCUT2D eigenvalue weighted by Crippen LogP contribution is -2.33. The number of fused-ring (bicyclic) bond motifs is 1. The largest absolute Gasteiger partial charge is 0.280 e. The number of aryl methyl sites for hydroxylation is 2. The van der Waals surface area contributed by atoms with Crippen molar-refractivity contribution in [2.24, 2.45) is 0 Å². The molecular weight excluding hydrogens is 318 g/mol. The Morgan fingerprint density at radius 2 is 2.32 bits per heavy atom. The second-order valence-electron chi connectivity index (χ2n) is 4.87. The smallest absolute Gasteiger partial charge is 0.273 e. The van der Waals surface area contributed by atoms with Gasteiger partial charge in [0.05, 0.1) is 5.39 Å². The number of nitrogens with zero attached hydrogens (tertiary/aromatic N) is 2. The summed E-state index contributed by atoms with van der Waals surface area (Å²) in [4.78, 5) is 30.4. The van der Waals surface area contributed by atoms with Crippen LogP contribution in [0.4, 0.5) is 0 Å². The number of nitrogens with one attached hydrogen (secondary N) is 1. The molecule has 0 atom stereocenters. The van der Waals surface area contributed by atoms with Crippen molar-refractivity contribution in [1.29, 1.82) is 0 Å². The zero-order valence-corrected chi connectivity index (χ0v) is 13.7. The van der Waals surface area contributed by atoms with Gasteiger partial charge in [-0.15, -0.1) is 11.3 Å². The van der Waals surface area contributed by atoms with Crippen LogP contribution in [0.2, 0.25) is 0 Å². The van der Waals surface area contributed by atoms with Gasteiger partial charge >= 0.3 is 0 Å². The molecule has 0 aliphatic rings. The van der Waals surface area contributed by atoms with Gasteiger partial charge in [-0.25, -0.2) is 9.66 Å².